The number of hydrogen-bond donors (Lipinski definition) is 1. The first-order valence-electron chi connectivity index (χ1n) is 8.30. The Morgan fingerprint density at radius 3 is 2.85 bits per heavy atom. The van der Waals surface area contributed by atoms with Crippen molar-refractivity contribution < 1.29 is 27.9 Å². The third-order valence-electron chi connectivity index (χ3n) is 4.60. The van der Waals surface area contributed by atoms with Crippen LogP contribution < -0.4 is 5.73 Å². The monoisotopic (exact) mass is 362 g/mol. The molecule has 0 spiro atoms. The molecule has 1 saturated heterocycles. The Balaban J connectivity index is 1.65. The lowest BCUT2D eigenvalue weighted by atomic mass is 9.97. The number of halogens is 1. The van der Waals surface area contributed by atoms with E-state index < -0.39 is 30.2 Å². The number of nitrogens with two attached hydrogens (primary N) is 1. The molecule has 0 saturated carbocycles. The Morgan fingerprint density at radius 1 is 1.38 bits per heavy atom. The van der Waals surface area contributed by atoms with Crippen LogP contribution in [-0.4, -0.2) is 42.4 Å². The molecule has 1 aliphatic heterocycles. The quantitative estimate of drug-likeness (QED) is 0.835. The molecule has 1 aromatic heterocycles. The minimum Gasteiger partial charge on any atom is -0.450 e. The Morgan fingerprint density at radius 2 is 2.15 bits per heavy atom. The molecule has 0 aliphatic carbocycles. The van der Waals surface area contributed by atoms with Gasteiger partial charge in [-0.15, -0.1) is 0 Å². The first-order chi connectivity index (χ1) is 12.4. The number of esters is 1. The number of carbonyl (C=O) groups excluding carboxylic acids is 3. The van der Waals surface area contributed by atoms with Gasteiger partial charge in [0.2, 0.25) is 11.7 Å². The number of rotatable bonds is 4. The maximum Gasteiger partial charge on any atom is 0.375 e. The highest BCUT2D eigenvalue weighted by atomic mass is 19.1. The molecule has 1 fully saturated rings. The number of carbonyl (C=O) groups is 3. The highest BCUT2D eigenvalue weighted by Gasteiger charge is 2.28. The molecule has 2 aromatic rings. The van der Waals surface area contributed by atoms with Crippen molar-refractivity contribution in [2.24, 2.45) is 11.7 Å². The molecular weight excluding hydrogens is 343 g/mol. The van der Waals surface area contributed by atoms with E-state index in [1.165, 1.54) is 17.0 Å². The maximum absolute atomic E-state index is 13.8. The average Bonchev–Trinajstić information content (AvgIpc) is 2.98. The first kappa shape index (κ1) is 17.9. The molecule has 1 aromatic carbocycles. The molecule has 26 heavy (non-hydrogen) atoms. The molecule has 7 nitrogen and oxygen atoms in total. The van der Waals surface area contributed by atoms with Crippen LogP contribution in [0.2, 0.25) is 0 Å². The van der Waals surface area contributed by atoms with Crippen LogP contribution in [0.5, 0.6) is 0 Å². The Kier molecular flexibility index (Phi) is 4.92. The van der Waals surface area contributed by atoms with Crippen LogP contribution in [0.15, 0.2) is 22.6 Å². The summed E-state index contributed by atoms with van der Waals surface area (Å²) in [6.07, 6.45) is 1.30. The number of ether oxygens (including phenoxy) is 1. The largest absolute Gasteiger partial charge is 0.450 e. The molecule has 0 radical (unpaired) electrons. The second-order valence-electron chi connectivity index (χ2n) is 6.33. The van der Waals surface area contributed by atoms with E-state index in [1.54, 1.807) is 13.0 Å². The van der Waals surface area contributed by atoms with Crippen molar-refractivity contribution in [2.45, 2.75) is 19.8 Å². The van der Waals surface area contributed by atoms with Gasteiger partial charge in [0.15, 0.2) is 18.0 Å². The normalized spacial score (nSPS) is 17.3. The summed E-state index contributed by atoms with van der Waals surface area (Å²) in [6.45, 7) is 1.84. The number of nitrogens with zero attached hydrogens (tertiary/aromatic N) is 1. The van der Waals surface area contributed by atoms with E-state index in [2.05, 4.69) is 0 Å². The lowest BCUT2D eigenvalue weighted by Gasteiger charge is -2.30. The van der Waals surface area contributed by atoms with E-state index in [0.29, 0.717) is 30.3 Å². The van der Waals surface area contributed by atoms with E-state index in [0.717, 1.165) is 0 Å². The van der Waals surface area contributed by atoms with Gasteiger partial charge in [0, 0.05) is 24.0 Å². The number of primary amides is 1. The summed E-state index contributed by atoms with van der Waals surface area (Å²) in [5, 5.41) is 0.476. The first-order valence-corrected chi connectivity index (χ1v) is 8.30. The van der Waals surface area contributed by atoms with Crippen molar-refractivity contribution in [1.29, 1.82) is 0 Å². The van der Waals surface area contributed by atoms with Crippen molar-refractivity contribution in [1.82, 2.24) is 4.90 Å². The SMILES string of the molecule is Cc1c(C(=O)OCC(=O)N2CCC[C@@H](C(N)=O)C2)oc2c(F)cccc12. The number of benzene rings is 1. The van der Waals surface area contributed by atoms with Crippen molar-refractivity contribution in [3.05, 3.63) is 35.3 Å². The van der Waals surface area contributed by atoms with Gasteiger partial charge in [0.05, 0.1) is 5.92 Å². The Hall–Kier alpha value is -2.90. The van der Waals surface area contributed by atoms with E-state index in [-0.39, 0.29) is 23.8 Å². The van der Waals surface area contributed by atoms with Crippen molar-refractivity contribution >= 4 is 28.8 Å². The van der Waals surface area contributed by atoms with Crippen LogP contribution in [0, 0.1) is 18.7 Å². The molecule has 1 atom stereocenters. The van der Waals surface area contributed by atoms with Gasteiger partial charge < -0.3 is 19.8 Å². The number of fused-ring (bicyclic) bond motifs is 1. The number of furan rings is 1. The topological polar surface area (TPSA) is 103 Å². The minimum atomic E-state index is -0.838. The fourth-order valence-electron chi connectivity index (χ4n) is 3.12. The number of piperidine rings is 1. The number of para-hydroxylation sites is 1. The molecule has 2 heterocycles. The van der Waals surface area contributed by atoms with Crippen LogP contribution in [0.3, 0.4) is 0 Å². The van der Waals surface area contributed by atoms with Gasteiger partial charge in [-0.2, -0.15) is 0 Å². The molecule has 1 aliphatic rings. The van der Waals surface area contributed by atoms with Crippen molar-refractivity contribution in [2.75, 3.05) is 19.7 Å². The number of likely N-dealkylation sites (tertiary alicyclic amines) is 1. The van der Waals surface area contributed by atoms with Gasteiger partial charge in [0.25, 0.3) is 5.91 Å². The lowest BCUT2D eigenvalue weighted by Crippen LogP contribution is -2.45. The summed E-state index contributed by atoms with van der Waals surface area (Å²) < 4.78 is 24.1. The smallest absolute Gasteiger partial charge is 0.375 e. The molecule has 8 heteroatoms. The molecule has 138 valence electrons. The Bertz CT molecular complexity index is 876. The van der Waals surface area contributed by atoms with Gasteiger partial charge in [-0.25, -0.2) is 9.18 Å². The molecular formula is C18H19FN2O5. The van der Waals surface area contributed by atoms with E-state index >= 15 is 0 Å². The molecule has 2 amide bonds. The Labute approximate surface area is 148 Å². The summed E-state index contributed by atoms with van der Waals surface area (Å²) in [5.41, 5.74) is 5.71. The maximum atomic E-state index is 13.8. The van der Waals surface area contributed by atoms with Crippen LogP contribution in [0.4, 0.5) is 4.39 Å². The van der Waals surface area contributed by atoms with Gasteiger partial charge >= 0.3 is 5.97 Å². The van der Waals surface area contributed by atoms with Gasteiger partial charge in [-0.3, -0.25) is 9.59 Å². The van der Waals surface area contributed by atoms with Gasteiger partial charge in [-0.05, 0) is 25.8 Å². The third kappa shape index (κ3) is 3.40. The summed E-state index contributed by atoms with van der Waals surface area (Å²) in [5.74, 6) is -2.79. The van der Waals surface area contributed by atoms with Crippen molar-refractivity contribution in [3.8, 4) is 0 Å². The molecule has 2 N–H and O–H groups in total. The zero-order chi connectivity index (χ0) is 18.8. The molecule has 0 unspecified atom stereocenters. The van der Waals surface area contributed by atoms with E-state index in [1.807, 2.05) is 0 Å². The lowest BCUT2D eigenvalue weighted by molar-refractivity contribution is -0.137. The van der Waals surface area contributed by atoms with Gasteiger partial charge in [0.1, 0.15) is 0 Å². The highest BCUT2D eigenvalue weighted by Crippen LogP contribution is 2.27. The highest BCUT2D eigenvalue weighted by molar-refractivity contribution is 5.96. The van der Waals surface area contributed by atoms with Crippen molar-refractivity contribution in [3.63, 3.8) is 0 Å². The van der Waals surface area contributed by atoms with Gasteiger partial charge in [-0.1, -0.05) is 12.1 Å². The second kappa shape index (κ2) is 7.15. The second-order valence-corrected chi connectivity index (χ2v) is 6.33. The summed E-state index contributed by atoms with van der Waals surface area (Å²) in [4.78, 5) is 37.2. The number of hydrogen-bond acceptors (Lipinski definition) is 5. The van der Waals surface area contributed by atoms with Crippen LogP contribution in [-0.2, 0) is 14.3 Å². The van der Waals surface area contributed by atoms with E-state index in [4.69, 9.17) is 14.9 Å². The fourth-order valence-corrected chi connectivity index (χ4v) is 3.12. The average molecular weight is 362 g/mol. The van der Waals surface area contributed by atoms with Crippen LogP contribution >= 0.6 is 0 Å². The zero-order valence-corrected chi connectivity index (χ0v) is 14.3. The van der Waals surface area contributed by atoms with Crippen LogP contribution in [0.1, 0.15) is 29.0 Å². The summed E-state index contributed by atoms with van der Waals surface area (Å²) >= 11 is 0. The standard InChI is InChI=1S/C18H19FN2O5/c1-10-12-5-2-6-13(19)16(12)26-15(10)18(24)25-9-14(22)21-7-3-4-11(8-21)17(20)23/h2,5-6,11H,3-4,7-9H2,1H3,(H2,20,23)/t11-/m1/s1. The predicted molar refractivity (Wildman–Crippen MR) is 89.7 cm³/mol. The van der Waals surface area contributed by atoms with Crippen LogP contribution in [0.25, 0.3) is 11.0 Å². The number of aryl methyl sites for hydroxylation is 1. The zero-order valence-electron chi connectivity index (χ0n) is 14.3. The summed E-state index contributed by atoms with van der Waals surface area (Å²) in [7, 11) is 0. The summed E-state index contributed by atoms with van der Waals surface area (Å²) in [6, 6.07) is 4.39. The number of amides is 2. The third-order valence-corrected chi connectivity index (χ3v) is 4.60. The minimum absolute atomic E-state index is 0.0244. The molecule has 3 rings (SSSR count). The van der Waals surface area contributed by atoms with E-state index in [9.17, 15) is 18.8 Å². The fraction of sp³-hybridized carbons (Fsp3) is 0.389. The predicted octanol–water partition coefficient (Wildman–Crippen LogP) is 1.76. The molecule has 0 bridgehead atoms.